The number of hydrogen-bond donors (Lipinski definition) is 1. The summed E-state index contributed by atoms with van der Waals surface area (Å²) in [6.07, 6.45) is 3.86. The van der Waals surface area contributed by atoms with Gasteiger partial charge in [-0.2, -0.15) is 0 Å². The average Bonchev–Trinajstić information content (AvgIpc) is 2.90. The lowest BCUT2D eigenvalue weighted by Gasteiger charge is -2.41. The van der Waals surface area contributed by atoms with Gasteiger partial charge in [0, 0.05) is 37.3 Å². The zero-order valence-electron chi connectivity index (χ0n) is 14.0. The Labute approximate surface area is 137 Å². The molecule has 6 heteroatoms. The predicted molar refractivity (Wildman–Crippen MR) is 89.0 cm³/mol. The molecule has 22 heavy (non-hydrogen) atoms. The molecule has 1 amide bonds. The van der Waals surface area contributed by atoms with E-state index in [4.69, 9.17) is 4.74 Å². The molecule has 1 aliphatic rings. The first kappa shape index (κ1) is 17.2. The molecule has 0 saturated carbocycles. The van der Waals surface area contributed by atoms with Crippen molar-refractivity contribution in [3.63, 3.8) is 0 Å². The number of nitrogens with zero attached hydrogens (tertiary/aromatic N) is 2. The number of rotatable bonds is 4. The summed E-state index contributed by atoms with van der Waals surface area (Å²) < 4.78 is 5.49. The Balaban J connectivity index is 1.84. The summed E-state index contributed by atoms with van der Waals surface area (Å²) >= 11 is 1.66. The zero-order chi connectivity index (χ0) is 16.2. The lowest BCUT2D eigenvalue weighted by Crippen LogP contribution is -2.50. The monoisotopic (exact) mass is 325 g/mol. The van der Waals surface area contributed by atoms with E-state index in [2.05, 4.69) is 17.2 Å². The maximum atomic E-state index is 12.2. The van der Waals surface area contributed by atoms with Crippen LogP contribution < -0.4 is 5.32 Å². The lowest BCUT2D eigenvalue weighted by atomic mass is 9.82. The van der Waals surface area contributed by atoms with Crippen molar-refractivity contribution in [2.24, 2.45) is 5.41 Å². The SMILES string of the molecule is CC1(CNCc2cncs2)CCCN(C(=O)OC(C)(C)C)C1. The van der Waals surface area contributed by atoms with Gasteiger partial charge in [-0.1, -0.05) is 6.92 Å². The highest BCUT2D eigenvalue weighted by Gasteiger charge is 2.34. The van der Waals surface area contributed by atoms with Gasteiger partial charge in [-0.05, 0) is 39.0 Å². The van der Waals surface area contributed by atoms with E-state index in [-0.39, 0.29) is 11.5 Å². The van der Waals surface area contributed by atoms with Gasteiger partial charge in [-0.3, -0.25) is 4.98 Å². The highest BCUT2D eigenvalue weighted by Crippen LogP contribution is 2.29. The normalized spacial score (nSPS) is 22.6. The van der Waals surface area contributed by atoms with Gasteiger partial charge in [0.15, 0.2) is 0 Å². The molecule has 1 aromatic heterocycles. The summed E-state index contributed by atoms with van der Waals surface area (Å²) in [5.74, 6) is 0. The van der Waals surface area contributed by atoms with E-state index in [1.807, 2.05) is 37.4 Å². The Bertz CT molecular complexity index is 484. The number of likely N-dealkylation sites (tertiary alicyclic amines) is 1. The molecule has 1 aliphatic heterocycles. The number of nitrogens with one attached hydrogen (secondary N) is 1. The summed E-state index contributed by atoms with van der Waals surface area (Å²) in [4.78, 5) is 19.4. The van der Waals surface area contributed by atoms with Crippen molar-refractivity contribution < 1.29 is 9.53 Å². The highest BCUT2D eigenvalue weighted by molar-refractivity contribution is 7.09. The number of piperidine rings is 1. The largest absolute Gasteiger partial charge is 0.444 e. The molecule has 0 aromatic carbocycles. The van der Waals surface area contributed by atoms with E-state index in [1.165, 1.54) is 4.88 Å². The number of ether oxygens (including phenoxy) is 1. The van der Waals surface area contributed by atoms with E-state index in [1.54, 1.807) is 11.3 Å². The van der Waals surface area contributed by atoms with Crippen LogP contribution in [0.25, 0.3) is 0 Å². The lowest BCUT2D eigenvalue weighted by molar-refractivity contribution is 0.00676. The molecule has 2 heterocycles. The quantitative estimate of drug-likeness (QED) is 0.923. The first-order valence-corrected chi connectivity index (χ1v) is 8.71. The van der Waals surface area contributed by atoms with Gasteiger partial charge in [-0.15, -0.1) is 11.3 Å². The van der Waals surface area contributed by atoms with Crippen LogP contribution in [-0.2, 0) is 11.3 Å². The fourth-order valence-electron chi connectivity index (χ4n) is 2.76. The zero-order valence-corrected chi connectivity index (χ0v) is 14.8. The minimum atomic E-state index is -0.435. The number of thiazole rings is 1. The molecular weight excluding hydrogens is 298 g/mol. The number of carbonyl (C=O) groups is 1. The molecule has 124 valence electrons. The summed E-state index contributed by atoms with van der Waals surface area (Å²) in [6, 6.07) is 0. The molecule has 0 spiro atoms. The topological polar surface area (TPSA) is 54.5 Å². The van der Waals surface area contributed by atoms with Gasteiger partial charge >= 0.3 is 6.09 Å². The molecule has 0 radical (unpaired) electrons. The third-order valence-corrected chi connectivity index (χ3v) is 4.55. The van der Waals surface area contributed by atoms with Crippen molar-refractivity contribution in [3.8, 4) is 0 Å². The van der Waals surface area contributed by atoms with Gasteiger partial charge in [0.25, 0.3) is 0 Å². The third-order valence-electron chi connectivity index (χ3n) is 3.77. The van der Waals surface area contributed by atoms with E-state index >= 15 is 0 Å². The minimum Gasteiger partial charge on any atom is -0.444 e. The van der Waals surface area contributed by atoms with Crippen LogP contribution in [0.2, 0.25) is 0 Å². The van der Waals surface area contributed by atoms with E-state index in [0.717, 1.165) is 39.0 Å². The second-order valence-electron chi connectivity index (χ2n) is 7.39. The summed E-state index contributed by atoms with van der Waals surface area (Å²) in [7, 11) is 0. The van der Waals surface area contributed by atoms with Gasteiger partial charge < -0.3 is 15.0 Å². The van der Waals surface area contributed by atoms with Crippen LogP contribution in [0.1, 0.15) is 45.4 Å². The van der Waals surface area contributed by atoms with Crippen LogP contribution in [0, 0.1) is 5.41 Å². The first-order valence-electron chi connectivity index (χ1n) is 7.83. The number of aromatic nitrogens is 1. The van der Waals surface area contributed by atoms with Crippen LogP contribution in [-0.4, -0.2) is 41.2 Å². The molecule has 1 atom stereocenters. The number of hydrogen-bond acceptors (Lipinski definition) is 5. The molecule has 1 saturated heterocycles. The third kappa shape index (κ3) is 5.25. The van der Waals surface area contributed by atoms with Gasteiger partial charge in [0.05, 0.1) is 5.51 Å². The number of amides is 1. The Morgan fingerprint density at radius 3 is 2.95 bits per heavy atom. The Hall–Kier alpha value is -1.14. The summed E-state index contributed by atoms with van der Waals surface area (Å²) in [5.41, 5.74) is 1.51. The Morgan fingerprint density at radius 2 is 2.32 bits per heavy atom. The minimum absolute atomic E-state index is 0.0971. The summed E-state index contributed by atoms with van der Waals surface area (Å²) in [5, 5.41) is 3.50. The van der Waals surface area contributed by atoms with Crippen LogP contribution in [0.15, 0.2) is 11.7 Å². The second kappa shape index (κ2) is 6.96. The molecule has 2 rings (SSSR count). The molecule has 0 bridgehead atoms. The van der Waals surface area contributed by atoms with Crippen molar-refractivity contribution in [2.45, 2.75) is 52.7 Å². The van der Waals surface area contributed by atoms with E-state index in [9.17, 15) is 4.79 Å². The van der Waals surface area contributed by atoms with Crippen molar-refractivity contribution in [2.75, 3.05) is 19.6 Å². The molecule has 0 aliphatic carbocycles. The molecule has 1 aromatic rings. The van der Waals surface area contributed by atoms with Crippen molar-refractivity contribution in [1.82, 2.24) is 15.2 Å². The fourth-order valence-corrected chi connectivity index (χ4v) is 3.32. The molecular formula is C16H27N3O2S. The molecule has 1 unspecified atom stereocenters. The first-order chi connectivity index (χ1) is 10.3. The second-order valence-corrected chi connectivity index (χ2v) is 8.36. The highest BCUT2D eigenvalue weighted by atomic mass is 32.1. The number of carbonyl (C=O) groups excluding carboxylic acids is 1. The van der Waals surface area contributed by atoms with Crippen molar-refractivity contribution in [1.29, 1.82) is 0 Å². The maximum absolute atomic E-state index is 12.2. The van der Waals surface area contributed by atoms with Crippen LogP contribution in [0.5, 0.6) is 0 Å². The Morgan fingerprint density at radius 1 is 1.55 bits per heavy atom. The van der Waals surface area contributed by atoms with Gasteiger partial charge in [-0.25, -0.2) is 4.79 Å². The van der Waals surface area contributed by atoms with Crippen molar-refractivity contribution in [3.05, 3.63) is 16.6 Å². The molecule has 5 nitrogen and oxygen atoms in total. The smallest absolute Gasteiger partial charge is 0.410 e. The van der Waals surface area contributed by atoms with Crippen LogP contribution in [0.4, 0.5) is 4.79 Å². The average molecular weight is 325 g/mol. The molecule has 1 N–H and O–H groups in total. The van der Waals surface area contributed by atoms with E-state index in [0.29, 0.717) is 0 Å². The van der Waals surface area contributed by atoms with Crippen LogP contribution in [0.3, 0.4) is 0 Å². The van der Waals surface area contributed by atoms with E-state index < -0.39 is 5.60 Å². The van der Waals surface area contributed by atoms with Crippen molar-refractivity contribution >= 4 is 17.4 Å². The fraction of sp³-hybridized carbons (Fsp3) is 0.750. The maximum Gasteiger partial charge on any atom is 0.410 e. The predicted octanol–water partition coefficient (Wildman–Crippen LogP) is 3.27. The standard InChI is InChI=1S/C16H27N3O2S/c1-15(2,3)21-14(20)19-7-5-6-16(4,11-19)10-17-8-13-9-18-12-22-13/h9,12,17H,5-8,10-11H2,1-4H3. The summed E-state index contributed by atoms with van der Waals surface area (Å²) in [6.45, 7) is 11.2. The Kier molecular flexibility index (Phi) is 5.45. The van der Waals surface area contributed by atoms with Crippen LogP contribution >= 0.6 is 11.3 Å². The molecule has 1 fully saturated rings. The van der Waals surface area contributed by atoms with Gasteiger partial charge in [0.1, 0.15) is 5.60 Å². The van der Waals surface area contributed by atoms with Gasteiger partial charge in [0.2, 0.25) is 0 Å².